The van der Waals surface area contributed by atoms with Crippen LogP contribution in [0.25, 0.3) is 22.2 Å². The number of halogens is 5. The number of carboxylic acids is 3. The lowest BCUT2D eigenvalue weighted by Gasteiger charge is -2.43. The Morgan fingerprint density at radius 1 is 0.812 bits per heavy atom. The summed E-state index contributed by atoms with van der Waals surface area (Å²) in [5.74, 6) is -6.75. The molecule has 1 amide bonds. The van der Waals surface area contributed by atoms with E-state index in [1.807, 2.05) is 17.0 Å². The third kappa shape index (κ3) is 11.5. The number of fused-ring (bicyclic) bond motifs is 1. The zero-order chi connectivity index (χ0) is 47.1. The summed E-state index contributed by atoms with van der Waals surface area (Å²) in [4.78, 5) is 67.3. The van der Waals surface area contributed by atoms with Crippen molar-refractivity contribution in [3.8, 4) is 11.1 Å². The summed E-state index contributed by atoms with van der Waals surface area (Å²) >= 11 is 0. The zero-order valence-corrected chi connectivity index (χ0v) is 34.5. The van der Waals surface area contributed by atoms with Crippen molar-refractivity contribution in [2.75, 3.05) is 13.1 Å². The number of nitrogens with zero attached hydrogens (tertiary/aromatic N) is 4. The molecule has 3 aromatic carbocycles. The summed E-state index contributed by atoms with van der Waals surface area (Å²) in [6, 6.07) is 20.3. The van der Waals surface area contributed by atoms with Crippen molar-refractivity contribution in [1.29, 1.82) is 0 Å². The van der Waals surface area contributed by atoms with Crippen LogP contribution in [0.4, 0.5) is 22.0 Å². The second-order valence-electron chi connectivity index (χ2n) is 15.6. The molecule has 14 nitrogen and oxygen atoms in total. The highest BCUT2D eigenvalue weighted by atomic mass is 19.4. The van der Waals surface area contributed by atoms with E-state index >= 15 is 0 Å². The smallest absolute Gasteiger partial charge is 0.416 e. The van der Waals surface area contributed by atoms with Gasteiger partial charge < -0.3 is 35.0 Å². The van der Waals surface area contributed by atoms with Gasteiger partial charge in [0, 0.05) is 43.6 Å². The molecule has 1 fully saturated rings. The van der Waals surface area contributed by atoms with Gasteiger partial charge in [-0.25, -0.2) is 23.4 Å². The second-order valence-corrected chi connectivity index (χ2v) is 15.6. The van der Waals surface area contributed by atoms with Crippen LogP contribution < -0.4 is 5.43 Å². The molecule has 1 saturated heterocycles. The first-order chi connectivity index (χ1) is 30.1. The Bertz CT molecular complexity index is 2520. The summed E-state index contributed by atoms with van der Waals surface area (Å²) in [7, 11) is 0. The fraction of sp³-hybridized carbons (Fsp3) is 0.333. The fourth-order valence-corrected chi connectivity index (χ4v) is 7.28. The SMILES string of the molecule is CC(C)(C(=O)O)N1CCC(N(Cc2ccc(-c3ccc(C(F)(F)F)cc3)cc2)C(=O)Cn2c(CCc3cccc(F)c3F)cc(=O)c3cccnc32)CC1.O=C(O)C(O)C(O)C(=O)O. The van der Waals surface area contributed by atoms with Gasteiger partial charge in [-0.3, -0.25) is 19.3 Å². The predicted octanol–water partition coefficient (Wildman–Crippen LogP) is 5.38. The molecule has 64 heavy (non-hydrogen) atoms. The monoisotopic (exact) mass is 896 g/mol. The Balaban J connectivity index is 0.000000688. The normalized spacial score (nSPS) is 14.6. The molecule has 2 unspecified atom stereocenters. The number of likely N-dealkylation sites (tertiary alicyclic amines) is 1. The number of amides is 1. The average Bonchev–Trinajstić information content (AvgIpc) is 3.26. The number of aliphatic hydroxyl groups excluding tert-OH is 2. The van der Waals surface area contributed by atoms with E-state index in [1.165, 1.54) is 36.5 Å². The Morgan fingerprint density at radius 2 is 1.39 bits per heavy atom. The topological polar surface area (TPSA) is 211 Å². The molecule has 1 aliphatic rings. The Morgan fingerprint density at radius 3 is 1.94 bits per heavy atom. The lowest BCUT2D eigenvalue weighted by Crippen LogP contribution is -2.56. The van der Waals surface area contributed by atoms with Crippen molar-refractivity contribution in [2.45, 2.75) is 82.6 Å². The molecule has 2 aromatic heterocycles. The summed E-state index contributed by atoms with van der Waals surface area (Å²) in [5, 5.41) is 42.6. The number of alkyl halides is 3. The van der Waals surface area contributed by atoms with Crippen LogP contribution in [0.3, 0.4) is 0 Å². The Hall–Kier alpha value is -6.57. The highest BCUT2D eigenvalue weighted by Gasteiger charge is 2.39. The molecule has 19 heteroatoms. The van der Waals surface area contributed by atoms with Crippen LogP contribution in [0.2, 0.25) is 0 Å². The van der Waals surface area contributed by atoms with Crippen LogP contribution in [0, 0.1) is 11.6 Å². The molecular formula is C45H45F5N4O10. The van der Waals surface area contributed by atoms with E-state index in [0.29, 0.717) is 48.1 Å². The number of rotatable bonds is 14. The number of aromatic nitrogens is 2. The quantitative estimate of drug-likeness (QED) is 0.0891. The molecule has 5 aromatic rings. The number of hydrogen-bond acceptors (Lipinski definition) is 9. The Kier molecular flexibility index (Phi) is 15.4. The first-order valence-corrected chi connectivity index (χ1v) is 19.9. The molecule has 0 spiro atoms. The minimum absolute atomic E-state index is 0.0579. The molecule has 3 heterocycles. The molecule has 0 radical (unpaired) electrons. The number of piperidine rings is 1. The minimum Gasteiger partial charge on any atom is -0.480 e. The third-order valence-electron chi connectivity index (χ3n) is 11.1. The maximum atomic E-state index is 14.6. The standard InChI is InChI=1S/C41H39F5N4O4.C4H6O6/c1-40(2,39(53)54)48-21-18-31(19-22-48)49(24-26-8-10-27(11-9-26)28-12-15-30(16-13-28)41(44,45)46)36(52)25-50-32(17-14-29-5-3-7-34(42)37(29)43)23-35(51)33-6-4-20-47-38(33)50;5-1(3(7)8)2(6)4(9)10/h3-13,15-16,20,23,31H,14,17-19,21-22,24-25H2,1-2H3,(H,53,54);1-2,5-6H,(H,7,8)(H,9,10). The van der Waals surface area contributed by atoms with Crippen LogP contribution in [0.5, 0.6) is 0 Å². The molecular weight excluding hydrogens is 852 g/mol. The molecule has 0 aliphatic carbocycles. The van der Waals surface area contributed by atoms with Gasteiger partial charge in [0.1, 0.15) is 17.7 Å². The number of carbonyl (C=O) groups excluding carboxylic acids is 1. The first kappa shape index (κ1) is 48.5. The number of pyridine rings is 2. The summed E-state index contributed by atoms with van der Waals surface area (Å²) < 4.78 is 69.6. The maximum absolute atomic E-state index is 14.6. The molecule has 0 saturated carbocycles. The molecule has 2 atom stereocenters. The number of aliphatic carboxylic acids is 3. The lowest BCUT2D eigenvalue weighted by molar-refractivity contribution is -0.165. The van der Waals surface area contributed by atoms with Gasteiger partial charge in [0.25, 0.3) is 0 Å². The van der Waals surface area contributed by atoms with E-state index in [0.717, 1.165) is 23.8 Å². The van der Waals surface area contributed by atoms with Crippen molar-refractivity contribution in [3.63, 3.8) is 0 Å². The Labute approximate surface area is 362 Å². The van der Waals surface area contributed by atoms with Crippen LogP contribution in [0.1, 0.15) is 49.1 Å². The number of aryl methyl sites for hydroxylation is 2. The number of aliphatic hydroxyl groups is 2. The molecule has 5 N–H and O–H groups in total. The van der Waals surface area contributed by atoms with Gasteiger partial charge in [-0.05, 0) is 92.1 Å². The van der Waals surface area contributed by atoms with Crippen LogP contribution in [0.15, 0.2) is 95.9 Å². The van der Waals surface area contributed by atoms with E-state index in [4.69, 9.17) is 20.4 Å². The predicted molar refractivity (Wildman–Crippen MR) is 221 cm³/mol. The molecule has 340 valence electrons. The van der Waals surface area contributed by atoms with E-state index < -0.39 is 59.0 Å². The largest absolute Gasteiger partial charge is 0.480 e. The van der Waals surface area contributed by atoms with E-state index in [2.05, 4.69) is 4.98 Å². The summed E-state index contributed by atoms with van der Waals surface area (Å²) in [6.45, 7) is 4.08. The molecule has 6 rings (SSSR count). The van der Waals surface area contributed by atoms with Crippen molar-refractivity contribution in [3.05, 3.63) is 135 Å². The van der Waals surface area contributed by atoms with E-state index in [-0.39, 0.29) is 54.5 Å². The number of carbonyl (C=O) groups is 4. The van der Waals surface area contributed by atoms with Gasteiger partial charge in [-0.15, -0.1) is 0 Å². The number of hydrogen-bond donors (Lipinski definition) is 5. The van der Waals surface area contributed by atoms with Crippen molar-refractivity contribution >= 4 is 34.8 Å². The van der Waals surface area contributed by atoms with Gasteiger partial charge in [0.2, 0.25) is 5.91 Å². The zero-order valence-electron chi connectivity index (χ0n) is 34.5. The maximum Gasteiger partial charge on any atom is 0.416 e. The van der Waals surface area contributed by atoms with E-state index in [9.17, 15) is 51.0 Å². The minimum atomic E-state index is -4.45. The second kappa shape index (κ2) is 20.3. The summed E-state index contributed by atoms with van der Waals surface area (Å²) in [6.07, 6.45) is -6.33. The van der Waals surface area contributed by atoms with Gasteiger partial charge in [-0.1, -0.05) is 48.5 Å². The van der Waals surface area contributed by atoms with Crippen LogP contribution in [-0.4, -0.2) is 106 Å². The lowest BCUT2D eigenvalue weighted by atomic mass is 9.95. The average molecular weight is 897 g/mol. The van der Waals surface area contributed by atoms with Gasteiger partial charge in [0.15, 0.2) is 29.3 Å². The number of benzene rings is 3. The fourth-order valence-electron chi connectivity index (χ4n) is 7.28. The number of carboxylic acid groups (broad SMARTS) is 3. The van der Waals surface area contributed by atoms with Crippen molar-refractivity contribution in [2.24, 2.45) is 0 Å². The van der Waals surface area contributed by atoms with E-state index in [1.54, 1.807) is 47.6 Å². The van der Waals surface area contributed by atoms with Gasteiger partial charge in [0.05, 0.1) is 10.9 Å². The van der Waals surface area contributed by atoms with Crippen molar-refractivity contribution in [1.82, 2.24) is 19.4 Å². The van der Waals surface area contributed by atoms with Gasteiger partial charge in [-0.2, -0.15) is 13.2 Å². The first-order valence-electron chi connectivity index (χ1n) is 19.9. The van der Waals surface area contributed by atoms with Crippen LogP contribution >= 0.6 is 0 Å². The molecule has 1 aliphatic heterocycles. The highest BCUT2D eigenvalue weighted by molar-refractivity contribution is 5.83. The summed E-state index contributed by atoms with van der Waals surface area (Å²) in [5.41, 5.74) is 0.688. The highest BCUT2D eigenvalue weighted by Crippen LogP contribution is 2.32. The van der Waals surface area contributed by atoms with Crippen molar-refractivity contribution < 1.29 is 66.7 Å². The molecule has 0 bridgehead atoms. The third-order valence-corrected chi connectivity index (χ3v) is 11.1. The van der Waals surface area contributed by atoms with Gasteiger partial charge >= 0.3 is 24.1 Å². The van der Waals surface area contributed by atoms with Crippen LogP contribution in [-0.2, 0) is 51.3 Å².